The van der Waals surface area contributed by atoms with Crippen LogP contribution in [0.3, 0.4) is 0 Å². The van der Waals surface area contributed by atoms with E-state index >= 15 is 0 Å². The molecule has 0 bridgehead atoms. The first-order chi connectivity index (χ1) is 8.03. The van der Waals surface area contributed by atoms with Crippen molar-refractivity contribution in [2.45, 2.75) is 6.92 Å². The van der Waals surface area contributed by atoms with Crippen LogP contribution in [-0.4, -0.2) is 24.8 Å². The van der Waals surface area contributed by atoms with E-state index in [-0.39, 0.29) is 10.5 Å². The monoisotopic (exact) mass is 169 g/mol. The summed E-state index contributed by atoms with van der Waals surface area (Å²) in [6.07, 6.45) is 0. The number of hydrogen-bond donors (Lipinski definition) is 0. The van der Waals surface area contributed by atoms with Gasteiger partial charge >= 0.3 is 0 Å². The lowest BCUT2D eigenvalue weighted by molar-refractivity contribution is 0.0827. The van der Waals surface area contributed by atoms with E-state index in [1.54, 1.807) is 19.1 Å². The van der Waals surface area contributed by atoms with Gasteiger partial charge in [0.05, 0.1) is 0 Å². The fourth-order valence-corrected chi connectivity index (χ4v) is 0.907. The van der Waals surface area contributed by atoms with Crippen molar-refractivity contribution in [1.29, 1.82) is 0 Å². The molecule has 64 valence electrons. The van der Waals surface area contributed by atoms with Gasteiger partial charge in [-0.25, -0.2) is 0 Å². The van der Waals surface area contributed by atoms with Crippen LogP contribution in [0, 0.1) is 6.92 Å². The smallest absolute Gasteiger partial charge is 0.253 e. The number of carbonyl (C=O) groups is 1. The van der Waals surface area contributed by atoms with E-state index in [9.17, 15) is 4.79 Å². The number of amides is 1. The Morgan fingerprint density at radius 2 is 2.25 bits per heavy atom. The maximum Gasteiger partial charge on any atom is 0.253 e. The lowest BCUT2D eigenvalue weighted by atomic mass is 10.1. The molecular formula is C10H13NO. The zero-order valence-electron chi connectivity index (χ0n) is 12.7. The molecule has 0 unspecified atom stereocenters. The summed E-state index contributed by atoms with van der Waals surface area (Å²) in [4.78, 5) is 11.9. The van der Waals surface area contributed by atoms with Gasteiger partial charge in [-0.2, -0.15) is 0 Å². The highest BCUT2D eigenvalue weighted by Gasteiger charge is 2.06. The highest BCUT2D eigenvalue weighted by Crippen LogP contribution is 2.05. The fourth-order valence-electron chi connectivity index (χ4n) is 0.907. The average molecular weight is 169 g/mol. The van der Waals surface area contributed by atoms with E-state index in [1.165, 1.54) is 12.1 Å². The molecule has 0 N–H and O–H groups in total. The molecule has 1 aromatic rings. The summed E-state index contributed by atoms with van der Waals surface area (Å²) in [7, 11) is 0. The highest BCUT2D eigenvalue weighted by atomic mass is 16.2. The molecule has 1 aromatic carbocycles. The molecule has 0 aromatic heterocycles. The van der Waals surface area contributed by atoms with Crippen LogP contribution in [0.2, 0.25) is 0 Å². The zero-order chi connectivity index (χ0) is 14.1. The Hall–Kier alpha value is -1.31. The molecule has 0 aliphatic heterocycles. The van der Waals surface area contributed by atoms with Crippen LogP contribution >= 0.6 is 0 Å². The van der Waals surface area contributed by atoms with Gasteiger partial charge in [-0.05, 0) is 19.1 Å². The number of aryl methyl sites for hydroxylation is 1. The third kappa shape index (κ3) is 1.84. The van der Waals surface area contributed by atoms with Gasteiger partial charge in [-0.15, -0.1) is 0 Å². The van der Waals surface area contributed by atoms with Crippen molar-refractivity contribution < 1.29 is 13.0 Å². The minimum Gasteiger partial charge on any atom is -0.345 e. The molecule has 2 heteroatoms. The Morgan fingerprint density at radius 3 is 2.83 bits per heavy atom. The summed E-state index contributed by atoms with van der Waals surface area (Å²) in [5, 5.41) is 0. The van der Waals surface area contributed by atoms with E-state index in [4.69, 9.17) is 8.22 Å². The highest BCUT2D eigenvalue weighted by molar-refractivity contribution is 5.93. The Labute approximate surface area is 81.2 Å². The second-order valence-electron chi connectivity index (χ2n) is 2.51. The maximum atomic E-state index is 12.0. The predicted molar refractivity (Wildman–Crippen MR) is 49.2 cm³/mol. The molecule has 0 atom stereocenters. The minimum atomic E-state index is -3.01. The van der Waals surface area contributed by atoms with Crippen LogP contribution < -0.4 is 0 Å². The van der Waals surface area contributed by atoms with Crippen LogP contribution in [0.25, 0.3) is 0 Å². The van der Waals surface area contributed by atoms with E-state index in [2.05, 4.69) is 0 Å². The normalized spacial score (nSPS) is 19.1. The predicted octanol–water partition coefficient (Wildman–Crippen LogP) is 1.70. The third-order valence-electron chi connectivity index (χ3n) is 1.47. The van der Waals surface area contributed by atoms with Crippen LogP contribution in [0.1, 0.15) is 24.1 Å². The van der Waals surface area contributed by atoms with Gasteiger partial charge in [-0.3, -0.25) is 4.79 Å². The number of carbonyl (C=O) groups excluding carboxylic acids is 1. The van der Waals surface area contributed by atoms with Gasteiger partial charge < -0.3 is 4.90 Å². The summed E-state index contributed by atoms with van der Waals surface area (Å²) in [5.41, 5.74) is 0.791. The fraction of sp³-hybridized carbons (Fsp3) is 0.300. The molecule has 0 heterocycles. The molecular weight excluding hydrogens is 150 g/mol. The molecule has 1 amide bonds. The number of benzene rings is 1. The quantitative estimate of drug-likeness (QED) is 0.626. The Bertz CT molecular complexity index is 436. The van der Waals surface area contributed by atoms with Crippen molar-refractivity contribution in [2.75, 3.05) is 14.0 Å². The van der Waals surface area contributed by atoms with Crippen molar-refractivity contribution in [1.82, 2.24) is 4.90 Å². The maximum absolute atomic E-state index is 12.0. The molecule has 2 nitrogen and oxygen atoms in total. The van der Waals surface area contributed by atoms with Gasteiger partial charge in [0.15, 0.2) is 0 Å². The summed E-state index contributed by atoms with van der Waals surface area (Å²) in [6.45, 7) is -4.29. The molecule has 12 heavy (non-hydrogen) atoms. The first kappa shape index (κ1) is 3.60. The molecule has 0 fully saturated rings. The molecule has 0 spiro atoms. The Balaban J connectivity index is 3.20. The van der Waals surface area contributed by atoms with Gasteiger partial charge in [0.2, 0.25) is 0 Å². The number of hydrogen-bond acceptors (Lipinski definition) is 1. The number of nitrogens with zero attached hydrogens (tertiary/aromatic N) is 1. The molecule has 0 aliphatic rings. The molecule has 0 aliphatic carbocycles. The first-order valence-electron chi connectivity index (χ1n) is 6.45. The van der Waals surface area contributed by atoms with E-state index < -0.39 is 19.9 Å². The van der Waals surface area contributed by atoms with Crippen molar-refractivity contribution in [3.05, 3.63) is 35.4 Å². The Morgan fingerprint density at radius 1 is 1.50 bits per heavy atom. The first-order valence-corrected chi connectivity index (χ1v) is 3.45. The van der Waals surface area contributed by atoms with Crippen LogP contribution in [0.4, 0.5) is 0 Å². The van der Waals surface area contributed by atoms with Crippen molar-refractivity contribution in [3.63, 3.8) is 0 Å². The van der Waals surface area contributed by atoms with Crippen LogP contribution in [0.5, 0.6) is 0 Å². The zero-order valence-corrected chi connectivity index (χ0v) is 6.66. The average Bonchev–Trinajstić information content (AvgIpc) is 2.12. The van der Waals surface area contributed by atoms with Gasteiger partial charge in [0, 0.05) is 27.7 Å². The third-order valence-corrected chi connectivity index (χ3v) is 1.47. The van der Waals surface area contributed by atoms with Crippen molar-refractivity contribution in [3.8, 4) is 0 Å². The van der Waals surface area contributed by atoms with Crippen LogP contribution in [0.15, 0.2) is 24.3 Å². The lowest BCUT2D eigenvalue weighted by Crippen LogP contribution is -2.21. The summed E-state index contributed by atoms with van der Waals surface area (Å²) in [6, 6.07) is 6.14. The lowest BCUT2D eigenvalue weighted by Gasteiger charge is -2.09. The van der Waals surface area contributed by atoms with E-state index in [1.807, 2.05) is 0 Å². The summed E-state index contributed by atoms with van der Waals surface area (Å²) < 4.78 is 42.9. The largest absolute Gasteiger partial charge is 0.345 e. The molecule has 1 rings (SSSR count). The summed E-state index contributed by atoms with van der Waals surface area (Å²) in [5.74, 6) is -1.03. The van der Waals surface area contributed by atoms with Crippen molar-refractivity contribution in [2.24, 2.45) is 0 Å². The molecule has 0 radical (unpaired) electrons. The van der Waals surface area contributed by atoms with Gasteiger partial charge in [0.1, 0.15) is 0 Å². The minimum absolute atomic E-state index is 0.0438. The van der Waals surface area contributed by atoms with Gasteiger partial charge in [-0.1, -0.05) is 17.7 Å². The van der Waals surface area contributed by atoms with E-state index in [0.717, 1.165) is 5.56 Å². The standard InChI is InChI=1S/C10H13NO/c1-8-5-4-6-9(7-8)10(12)11(2)3/h4-7H,1-3H3/i2D3,3D3. The molecule has 0 saturated carbocycles. The van der Waals surface area contributed by atoms with E-state index in [0.29, 0.717) is 0 Å². The summed E-state index contributed by atoms with van der Waals surface area (Å²) >= 11 is 0. The SMILES string of the molecule is [2H]C([2H])([2H])N(C(=O)c1cccc(C)c1)C([2H])([2H])[2H]. The second kappa shape index (κ2) is 3.39. The topological polar surface area (TPSA) is 20.3 Å². The Kier molecular flexibility index (Phi) is 1.02. The second-order valence-corrected chi connectivity index (χ2v) is 2.51. The van der Waals surface area contributed by atoms with Gasteiger partial charge in [0.25, 0.3) is 5.91 Å². The number of rotatable bonds is 1. The van der Waals surface area contributed by atoms with Crippen LogP contribution in [-0.2, 0) is 0 Å². The van der Waals surface area contributed by atoms with Crippen molar-refractivity contribution >= 4 is 5.91 Å². The molecule has 0 saturated heterocycles.